The van der Waals surface area contributed by atoms with Gasteiger partial charge in [0.1, 0.15) is 5.75 Å². The van der Waals surface area contributed by atoms with Crippen molar-refractivity contribution in [3.63, 3.8) is 0 Å². The van der Waals surface area contributed by atoms with Crippen LogP contribution >= 0.6 is 11.6 Å². The second-order valence-corrected chi connectivity index (χ2v) is 6.43. The molecule has 0 spiro atoms. The molecule has 3 rings (SSSR count). The second-order valence-electron chi connectivity index (χ2n) is 5.99. The minimum atomic E-state index is 0.0653. The lowest BCUT2D eigenvalue weighted by Gasteiger charge is -2.34. The highest BCUT2D eigenvalue weighted by molar-refractivity contribution is 6.30. The van der Waals surface area contributed by atoms with Crippen LogP contribution in [0.25, 0.3) is 0 Å². The van der Waals surface area contributed by atoms with Gasteiger partial charge in [-0.15, -0.1) is 0 Å². The summed E-state index contributed by atoms with van der Waals surface area (Å²) in [4.78, 5) is 21.2. The molecule has 0 saturated carbocycles. The number of halogens is 1. The monoisotopic (exact) mass is 359 g/mol. The van der Waals surface area contributed by atoms with E-state index in [1.807, 2.05) is 24.0 Å². The molecular formula is C19H22ClN3O2. The molecule has 2 aromatic rings. The lowest BCUT2D eigenvalue weighted by atomic mass is 10.2. The van der Waals surface area contributed by atoms with Gasteiger partial charge in [0.2, 0.25) is 0 Å². The third kappa shape index (κ3) is 4.71. The number of nitrogens with zero attached hydrogens (tertiary/aromatic N) is 3. The van der Waals surface area contributed by atoms with E-state index in [1.165, 1.54) is 0 Å². The van der Waals surface area contributed by atoms with Crippen molar-refractivity contribution in [2.24, 2.45) is 0 Å². The fourth-order valence-corrected chi connectivity index (χ4v) is 3.00. The van der Waals surface area contributed by atoms with Crippen LogP contribution in [0.4, 0.5) is 0 Å². The van der Waals surface area contributed by atoms with Crippen molar-refractivity contribution in [1.29, 1.82) is 0 Å². The van der Waals surface area contributed by atoms with Gasteiger partial charge in [0.15, 0.2) is 0 Å². The molecule has 25 heavy (non-hydrogen) atoms. The molecule has 0 bridgehead atoms. The standard InChI is InChI=1S/C19H22ClN3O2/c1-2-25-18-8-7-17(21-13-18)14-22-9-11-23(12-10-22)19(24)15-3-5-16(20)6-4-15/h3-8,13H,2,9-12,14H2,1H3. The first kappa shape index (κ1) is 17.7. The molecule has 1 amide bonds. The van der Waals surface area contributed by atoms with Crippen LogP contribution in [-0.2, 0) is 6.54 Å². The number of aromatic nitrogens is 1. The van der Waals surface area contributed by atoms with E-state index in [2.05, 4.69) is 9.88 Å². The third-order valence-corrected chi connectivity index (χ3v) is 4.50. The summed E-state index contributed by atoms with van der Waals surface area (Å²) in [6, 6.07) is 11.0. The molecular weight excluding hydrogens is 338 g/mol. The van der Waals surface area contributed by atoms with Gasteiger partial charge in [-0.3, -0.25) is 14.7 Å². The highest BCUT2D eigenvalue weighted by atomic mass is 35.5. The van der Waals surface area contributed by atoms with Crippen LogP contribution in [0.1, 0.15) is 23.0 Å². The van der Waals surface area contributed by atoms with Crippen molar-refractivity contribution in [2.45, 2.75) is 13.5 Å². The molecule has 0 radical (unpaired) electrons. The first-order valence-electron chi connectivity index (χ1n) is 8.50. The SMILES string of the molecule is CCOc1ccc(CN2CCN(C(=O)c3ccc(Cl)cc3)CC2)nc1. The van der Waals surface area contributed by atoms with Crippen LogP contribution in [0.3, 0.4) is 0 Å². The molecule has 1 aromatic heterocycles. The number of carbonyl (C=O) groups excluding carboxylic acids is 1. The minimum Gasteiger partial charge on any atom is -0.492 e. The molecule has 0 unspecified atom stereocenters. The average molecular weight is 360 g/mol. The van der Waals surface area contributed by atoms with Crippen molar-refractivity contribution in [1.82, 2.24) is 14.8 Å². The van der Waals surface area contributed by atoms with Crippen LogP contribution in [-0.4, -0.2) is 53.5 Å². The van der Waals surface area contributed by atoms with Gasteiger partial charge < -0.3 is 9.64 Å². The number of benzene rings is 1. The number of rotatable bonds is 5. The predicted octanol–water partition coefficient (Wildman–Crippen LogP) is 3.09. The topological polar surface area (TPSA) is 45.7 Å². The van der Waals surface area contributed by atoms with Crippen LogP contribution < -0.4 is 4.74 Å². The summed E-state index contributed by atoms with van der Waals surface area (Å²) >= 11 is 5.88. The molecule has 1 fully saturated rings. The highest BCUT2D eigenvalue weighted by Crippen LogP contribution is 2.15. The Bertz CT molecular complexity index is 696. The Hall–Kier alpha value is -2.11. The smallest absolute Gasteiger partial charge is 0.253 e. The first-order valence-corrected chi connectivity index (χ1v) is 8.88. The summed E-state index contributed by atoms with van der Waals surface area (Å²) in [7, 11) is 0. The maximum Gasteiger partial charge on any atom is 0.253 e. The molecule has 0 aliphatic carbocycles. The molecule has 1 aromatic carbocycles. The minimum absolute atomic E-state index is 0.0653. The summed E-state index contributed by atoms with van der Waals surface area (Å²) in [5, 5.41) is 0.643. The van der Waals surface area contributed by atoms with Crippen LogP contribution in [0, 0.1) is 0 Å². The van der Waals surface area contributed by atoms with E-state index in [4.69, 9.17) is 16.3 Å². The lowest BCUT2D eigenvalue weighted by molar-refractivity contribution is 0.0627. The fourth-order valence-electron chi connectivity index (χ4n) is 2.87. The van der Waals surface area contributed by atoms with E-state index in [9.17, 15) is 4.79 Å². The van der Waals surface area contributed by atoms with Gasteiger partial charge >= 0.3 is 0 Å². The van der Waals surface area contributed by atoms with Crippen molar-refractivity contribution in [3.05, 3.63) is 58.9 Å². The van der Waals surface area contributed by atoms with E-state index >= 15 is 0 Å². The first-order chi connectivity index (χ1) is 12.2. The van der Waals surface area contributed by atoms with Gasteiger partial charge in [-0.05, 0) is 43.3 Å². The van der Waals surface area contributed by atoms with Crippen molar-refractivity contribution < 1.29 is 9.53 Å². The lowest BCUT2D eigenvalue weighted by Crippen LogP contribution is -2.48. The molecule has 5 nitrogen and oxygen atoms in total. The number of hydrogen-bond donors (Lipinski definition) is 0. The summed E-state index contributed by atoms with van der Waals surface area (Å²) in [5.74, 6) is 0.861. The molecule has 1 saturated heterocycles. The third-order valence-electron chi connectivity index (χ3n) is 4.24. The number of amides is 1. The molecule has 1 aliphatic heterocycles. The Morgan fingerprint density at radius 1 is 1.12 bits per heavy atom. The Morgan fingerprint density at radius 3 is 2.44 bits per heavy atom. The number of hydrogen-bond acceptors (Lipinski definition) is 4. The van der Waals surface area contributed by atoms with E-state index in [1.54, 1.807) is 30.5 Å². The molecule has 1 aliphatic rings. The van der Waals surface area contributed by atoms with Crippen LogP contribution in [0.15, 0.2) is 42.6 Å². The maximum atomic E-state index is 12.5. The van der Waals surface area contributed by atoms with E-state index < -0.39 is 0 Å². The zero-order valence-electron chi connectivity index (χ0n) is 14.3. The van der Waals surface area contributed by atoms with Crippen molar-refractivity contribution >= 4 is 17.5 Å². The average Bonchev–Trinajstić information content (AvgIpc) is 2.64. The van der Waals surface area contributed by atoms with Gasteiger partial charge in [0.25, 0.3) is 5.91 Å². The summed E-state index contributed by atoms with van der Waals surface area (Å²) < 4.78 is 5.41. The Kier molecular flexibility index (Phi) is 5.89. The summed E-state index contributed by atoms with van der Waals surface area (Å²) in [6.45, 7) is 6.51. The summed E-state index contributed by atoms with van der Waals surface area (Å²) in [6.07, 6.45) is 1.76. The number of carbonyl (C=O) groups is 1. The van der Waals surface area contributed by atoms with Crippen molar-refractivity contribution in [2.75, 3.05) is 32.8 Å². The van der Waals surface area contributed by atoms with Gasteiger partial charge in [-0.1, -0.05) is 11.6 Å². The van der Waals surface area contributed by atoms with Crippen molar-refractivity contribution in [3.8, 4) is 5.75 Å². The number of pyridine rings is 1. The summed E-state index contributed by atoms with van der Waals surface area (Å²) in [5.41, 5.74) is 1.70. The highest BCUT2D eigenvalue weighted by Gasteiger charge is 2.22. The van der Waals surface area contributed by atoms with Gasteiger partial charge in [0.05, 0.1) is 18.5 Å². The largest absolute Gasteiger partial charge is 0.492 e. The molecule has 0 atom stereocenters. The predicted molar refractivity (Wildman–Crippen MR) is 98.0 cm³/mol. The molecule has 0 N–H and O–H groups in total. The quantitative estimate of drug-likeness (QED) is 0.823. The zero-order chi connectivity index (χ0) is 17.6. The van der Waals surface area contributed by atoms with Gasteiger partial charge in [-0.25, -0.2) is 0 Å². The van der Waals surface area contributed by atoms with E-state index in [0.29, 0.717) is 17.2 Å². The molecule has 2 heterocycles. The Morgan fingerprint density at radius 2 is 1.84 bits per heavy atom. The maximum absolute atomic E-state index is 12.5. The molecule has 132 valence electrons. The Balaban J connectivity index is 1.51. The fraction of sp³-hybridized carbons (Fsp3) is 0.368. The van der Waals surface area contributed by atoms with Crippen LogP contribution in [0.5, 0.6) is 5.75 Å². The molecule has 6 heteroatoms. The van der Waals surface area contributed by atoms with Gasteiger partial charge in [-0.2, -0.15) is 0 Å². The number of ether oxygens (including phenoxy) is 1. The second kappa shape index (κ2) is 8.32. The van der Waals surface area contributed by atoms with E-state index in [0.717, 1.165) is 44.2 Å². The van der Waals surface area contributed by atoms with Crippen LogP contribution in [0.2, 0.25) is 5.02 Å². The van der Waals surface area contributed by atoms with E-state index in [-0.39, 0.29) is 5.91 Å². The Labute approximate surface area is 153 Å². The number of piperazine rings is 1. The normalized spacial score (nSPS) is 15.2. The van der Waals surface area contributed by atoms with Gasteiger partial charge in [0, 0.05) is 43.3 Å². The zero-order valence-corrected chi connectivity index (χ0v) is 15.1.